The average molecular weight is 359 g/mol. The SMILES string of the molecule is NC(=O)C1CNCCN1CC(=O)Nc1ccc(Br)cc1F. The Labute approximate surface area is 130 Å². The molecule has 114 valence electrons. The molecule has 8 heteroatoms. The van der Waals surface area contributed by atoms with Crippen molar-refractivity contribution in [3.63, 3.8) is 0 Å². The number of halogens is 2. The van der Waals surface area contributed by atoms with Crippen molar-refractivity contribution in [2.75, 3.05) is 31.5 Å². The number of nitrogens with zero attached hydrogens (tertiary/aromatic N) is 1. The largest absolute Gasteiger partial charge is 0.368 e. The minimum Gasteiger partial charge on any atom is -0.368 e. The molecule has 0 bridgehead atoms. The highest BCUT2D eigenvalue weighted by molar-refractivity contribution is 9.10. The van der Waals surface area contributed by atoms with E-state index in [2.05, 4.69) is 26.6 Å². The molecule has 1 atom stereocenters. The summed E-state index contributed by atoms with van der Waals surface area (Å²) >= 11 is 3.15. The molecule has 4 N–H and O–H groups in total. The Hall–Kier alpha value is -1.51. The van der Waals surface area contributed by atoms with Crippen molar-refractivity contribution >= 4 is 33.4 Å². The van der Waals surface area contributed by atoms with E-state index >= 15 is 0 Å². The quantitative estimate of drug-likeness (QED) is 0.721. The lowest BCUT2D eigenvalue weighted by molar-refractivity contribution is -0.125. The summed E-state index contributed by atoms with van der Waals surface area (Å²) in [6.07, 6.45) is 0. The van der Waals surface area contributed by atoms with E-state index in [1.807, 2.05) is 0 Å². The van der Waals surface area contributed by atoms with Gasteiger partial charge in [0, 0.05) is 24.1 Å². The summed E-state index contributed by atoms with van der Waals surface area (Å²) in [6.45, 7) is 1.60. The molecule has 1 heterocycles. The number of benzene rings is 1. The Morgan fingerprint density at radius 2 is 2.29 bits per heavy atom. The van der Waals surface area contributed by atoms with Crippen LogP contribution in [0.5, 0.6) is 0 Å². The third-order valence-electron chi connectivity index (χ3n) is 3.23. The van der Waals surface area contributed by atoms with E-state index in [9.17, 15) is 14.0 Å². The number of amides is 2. The van der Waals surface area contributed by atoms with Crippen molar-refractivity contribution in [2.24, 2.45) is 5.73 Å². The van der Waals surface area contributed by atoms with Gasteiger partial charge in [-0.05, 0) is 18.2 Å². The molecule has 1 aromatic carbocycles. The lowest BCUT2D eigenvalue weighted by Crippen LogP contribution is -2.58. The number of primary amides is 1. The summed E-state index contributed by atoms with van der Waals surface area (Å²) in [5, 5.41) is 5.54. The van der Waals surface area contributed by atoms with Crippen LogP contribution in [0, 0.1) is 5.82 Å². The number of carbonyl (C=O) groups excluding carboxylic acids is 2. The van der Waals surface area contributed by atoms with Gasteiger partial charge in [-0.1, -0.05) is 15.9 Å². The van der Waals surface area contributed by atoms with E-state index in [1.165, 1.54) is 12.1 Å². The Morgan fingerprint density at radius 1 is 1.52 bits per heavy atom. The molecule has 0 aromatic heterocycles. The molecule has 1 saturated heterocycles. The second-order valence-corrected chi connectivity index (χ2v) is 5.68. The third-order valence-corrected chi connectivity index (χ3v) is 3.73. The molecule has 1 aliphatic heterocycles. The van der Waals surface area contributed by atoms with Crippen LogP contribution in [0.4, 0.5) is 10.1 Å². The summed E-state index contributed by atoms with van der Waals surface area (Å²) in [6, 6.07) is 3.85. The summed E-state index contributed by atoms with van der Waals surface area (Å²) < 4.78 is 14.2. The first-order valence-corrected chi connectivity index (χ1v) is 7.25. The first-order chi connectivity index (χ1) is 9.97. The van der Waals surface area contributed by atoms with Crippen LogP contribution in [0.1, 0.15) is 0 Å². The van der Waals surface area contributed by atoms with Gasteiger partial charge in [0.15, 0.2) is 0 Å². The maximum atomic E-state index is 13.7. The summed E-state index contributed by atoms with van der Waals surface area (Å²) in [7, 11) is 0. The number of hydrogen-bond donors (Lipinski definition) is 3. The van der Waals surface area contributed by atoms with E-state index in [1.54, 1.807) is 11.0 Å². The van der Waals surface area contributed by atoms with Crippen LogP contribution in [0.3, 0.4) is 0 Å². The van der Waals surface area contributed by atoms with Crippen molar-refractivity contribution in [2.45, 2.75) is 6.04 Å². The van der Waals surface area contributed by atoms with E-state index in [0.29, 0.717) is 24.1 Å². The molecule has 1 fully saturated rings. The first-order valence-electron chi connectivity index (χ1n) is 6.46. The van der Waals surface area contributed by atoms with Crippen LogP contribution in [0.2, 0.25) is 0 Å². The molecule has 2 amide bonds. The van der Waals surface area contributed by atoms with Crippen LogP contribution in [-0.2, 0) is 9.59 Å². The minimum absolute atomic E-state index is 0.00914. The maximum Gasteiger partial charge on any atom is 0.238 e. The number of carbonyl (C=O) groups is 2. The molecular weight excluding hydrogens is 343 g/mol. The molecule has 2 rings (SSSR count). The second-order valence-electron chi connectivity index (χ2n) is 4.77. The van der Waals surface area contributed by atoms with Gasteiger partial charge in [-0.25, -0.2) is 4.39 Å². The number of nitrogens with one attached hydrogen (secondary N) is 2. The van der Waals surface area contributed by atoms with E-state index in [0.717, 1.165) is 0 Å². The van der Waals surface area contributed by atoms with Gasteiger partial charge in [0.25, 0.3) is 0 Å². The van der Waals surface area contributed by atoms with Gasteiger partial charge in [0.2, 0.25) is 11.8 Å². The zero-order valence-electron chi connectivity index (χ0n) is 11.2. The average Bonchev–Trinajstić information content (AvgIpc) is 2.42. The first kappa shape index (κ1) is 15.9. The highest BCUT2D eigenvalue weighted by Crippen LogP contribution is 2.19. The zero-order chi connectivity index (χ0) is 15.4. The number of rotatable bonds is 4. The van der Waals surface area contributed by atoms with Crippen LogP contribution >= 0.6 is 15.9 Å². The fraction of sp³-hybridized carbons (Fsp3) is 0.385. The van der Waals surface area contributed by atoms with E-state index in [-0.39, 0.29) is 18.1 Å². The van der Waals surface area contributed by atoms with Crippen LogP contribution in [0.25, 0.3) is 0 Å². The lowest BCUT2D eigenvalue weighted by Gasteiger charge is -2.33. The zero-order valence-corrected chi connectivity index (χ0v) is 12.8. The highest BCUT2D eigenvalue weighted by atomic mass is 79.9. The minimum atomic E-state index is -0.528. The summed E-state index contributed by atoms with van der Waals surface area (Å²) in [5.74, 6) is -1.39. The third kappa shape index (κ3) is 4.23. The molecule has 0 aliphatic carbocycles. The number of nitrogens with two attached hydrogens (primary N) is 1. The molecule has 0 saturated carbocycles. The van der Waals surface area contributed by atoms with Gasteiger partial charge in [-0.15, -0.1) is 0 Å². The van der Waals surface area contributed by atoms with E-state index in [4.69, 9.17) is 5.73 Å². The molecule has 21 heavy (non-hydrogen) atoms. The molecule has 0 radical (unpaired) electrons. The molecule has 1 aromatic rings. The van der Waals surface area contributed by atoms with Gasteiger partial charge in [-0.2, -0.15) is 0 Å². The highest BCUT2D eigenvalue weighted by Gasteiger charge is 2.28. The Morgan fingerprint density at radius 3 is 2.95 bits per heavy atom. The fourth-order valence-electron chi connectivity index (χ4n) is 2.18. The number of hydrogen-bond acceptors (Lipinski definition) is 4. The van der Waals surface area contributed by atoms with Crippen molar-refractivity contribution in [1.82, 2.24) is 10.2 Å². The predicted octanol–water partition coefficient (Wildman–Crippen LogP) is 0.286. The maximum absolute atomic E-state index is 13.7. The van der Waals surface area contributed by atoms with Gasteiger partial charge in [-0.3, -0.25) is 14.5 Å². The van der Waals surface area contributed by atoms with Gasteiger partial charge >= 0.3 is 0 Å². The molecule has 6 nitrogen and oxygen atoms in total. The van der Waals surface area contributed by atoms with Crippen molar-refractivity contribution in [3.05, 3.63) is 28.5 Å². The van der Waals surface area contributed by atoms with Crippen molar-refractivity contribution in [1.29, 1.82) is 0 Å². The van der Waals surface area contributed by atoms with Crippen molar-refractivity contribution in [3.8, 4) is 0 Å². The smallest absolute Gasteiger partial charge is 0.238 e. The van der Waals surface area contributed by atoms with E-state index < -0.39 is 17.8 Å². The fourth-order valence-corrected chi connectivity index (χ4v) is 2.51. The number of piperazine rings is 1. The Kier molecular flexibility index (Phi) is 5.27. The summed E-state index contributed by atoms with van der Waals surface area (Å²) in [4.78, 5) is 25.0. The molecule has 0 spiro atoms. The van der Waals surface area contributed by atoms with Gasteiger partial charge in [0.1, 0.15) is 11.9 Å². The van der Waals surface area contributed by atoms with Gasteiger partial charge in [0.05, 0.1) is 12.2 Å². The monoisotopic (exact) mass is 358 g/mol. The standard InChI is InChI=1S/C13H16BrFN4O2/c14-8-1-2-10(9(15)5-8)18-12(20)7-19-4-3-17-6-11(19)13(16)21/h1-2,5,11,17H,3-4,6-7H2,(H2,16,21)(H,18,20). The van der Waals surface area contributed by atoms with Gasteiger partial charge < -0.3 is 16.4 Å². The Balaban J connectivity index is 1.98. The molecule has 1 aliphatic rings. The predicted molar refractivity (Wildman–Crippen MR) is 80.2 cm³/mol. The van der Waals surface area contributed by atoms with Crippen molar-refractivity contribution < 1.29 is 14.0 Å². The topological polar surface area (TPSA) is 87.5 Å². The Bertz CT molecular complexity index is 555. The second kappa shape index (κ2) is 6.97. The normalized spacial score (nSPS) is 19.2. The number of anilines is 1. The molecule has 1 unspecified atom stereocenters. The summed E-state index contributed by atoms with van der Waals surface area (Å²) in [5.41, 5.74) is 5.41. The van der Waals surface area contributed by atoms with Crippen LogP contribution in [0.15, 0.2) is 22.7 Å². The molecular formula is C13H16BrFN4O2. The van der Waals surface area contributed by atoms with Crippen LogP contribution < -0.4 is 16.4 Å². The van der Waals surface area contributed by atoms with Crippen LogP contribution in [-0.4, -0.2) is 48.9 Å². The lowest BCUT2D eigenvalue weighted by atomic mass is 10.2.